The molecule has 0 aromatic rings. The highest BCUT2D eigenvalue weighted by Gasteiger charge is 2.39. The molecule has 2 aliphatic rings. The van der Waals surface area contributed by atoms with E-state index in [1.807, 2.05) is 0 Å². The van der Waals surface area contributed by atoms with Gasteiger partial charge < -0.3 is 0 Å². The molecule has 2 rings (SSSR count). The predicted octanol–water partition coefficient (Wildman–Crippen LogP) is 7.04. The largest absolute Gasteiger partial charge is 0.262 e. The lowest BCUT2D eigenvalue weighted by molar-refractivity contribution is 0.171. The van der Waals surface area contributed by atoms with Crippen LogP contribution in [0.25, 0.3) is 0 Å². The number of fused-ring (bicyclic) bond motifs is 1. The Balaban J connectivity index is 1.76. The van der Waals surface area contributed by atoms with Gasteiger partial charge in [-0.15, -0.1) is 0 Å². The Labute approximate surface area is 145 Å². The molecule has 4 unspecified atom stereocenters. The third-order valence-electron chi connectivity index (χ3n) is 6.78. The van der Waals surface area contributed by atoms with Crippen LogP contribution in [0.15, 0.2) is 0 Å². The van der Waals surface area contributed by atoms with E-state index in [2.05, 4.69) is 34.6 Å². The summed E-state index contributed by atoms with van der Waals surface area (Å²) >= 11 is -0.468. The summed E-state index contributed by atoms with van der Waals surface area (Å²) in [7, 11) is 0. The summed E-state index contributed by atoms with van der Waals surface area (Å²) in [5.74, 6) is 6.32. The molecule has 0 radical (unpaired) electrons. The maximum Gasteiger partial charge on any atom is 0.262 e. The van der Waals surface area contributed by atoms with Gasteiger partial charge in [0.1, 0.15) is 0 Å². The van der Waals surface area contributed by atoms with Crippen LogP contribution in [0, 0.1) is 35.5 Å². The first kappa shape index (κ1) is 18.9. The van der Waals surface area contributed by atoms with Crippen LogP contribution in [0.1, 0.15) is 79.6 Å². The van der Waals surface area contributed by atoms with E-state index in [-0.39, 0.29) is 0 Å². The lowest BCUT2D eigenvalue weighted by atomic mass is 9.72. The number of hydrogen-bond acceptors (Lipinski definition) is 0. The first-order valence-corrected chi connectivity index (χ1v) is 12.9. The van der Waals surface area contributed by atoms with Crippen molar-refractivity contribution in [3.8, 4) is 0 Å². The van der Waals surface area contributed by atoms with Gasteiger partial charge in [0.05, 0.1) is 0 Å². The van der Waals surface area contributed by atoms with Crippen molar-refractivity contribution in [3.05, 3.63) is 0 Å². The molecule has 0 bridgehead atoms. The van der Waals surface area contributed by atoms with Gasteiger partial charge in [0, 0.05) is 0 Å². The summed E-state index contributed by atoms with van der Waals surface area (Å²) < 4.78 is 0. The molecule has 128 valence electrons. The topological polar surface area (TPSA) is 0 Å². The minimum Gasteiger partial charge on any atom is -0.0936 e. The Kier molecular flexibility index (Phi) is 7.83. The Morgan fingerprint density at radius 3 is 2.18 bits per heavy atom. The molecule has 4 atom stereocenters. The van der Waals surface area contributed by atoms with Gasteiger partial charge in [-0.2, -0.15) is 0 Å². The molecular formula is C21H41Al. The summed E-state index contributed by atoms with van der Waals surface area (Å²) in [4.78, 5) is 0. The SMILES string of the molecule is CCC1CCC2CC(C[CH2][Al]([CH2]C(C)C)[CH2]C(C)C)CCC12. The van der Waals surface area contributed by atoms with Crippen LogP contribution < -0.4 is 0 Å². The van der Waals surface area contributed by atoms with Gasteiger partial charge in [0.15, 0.2) is 0 Å². The minimum absolute atomic E-state index is 0.468. The van der Waals surface area contributed by atoms with Crippen LogP contribution in [-0.4, -0.2) is 14.1 Å². The van der Waals surface area contributed by atoms with Gasteiger partial charge in [0.2, 0.25) is 0 Å². The van der Waals surface area contributed by atoms with Crippen LogP contribution in [0.2, 0.25) is 15.8 Å². The van der Waals surface area contributed by atoms with E-state index in [0.717, 1.165) is 35.5 Å². The molecule has 2 aliphatic carbocycles. The molecule has 0 nitrogen and oxygen atoms in total. The summed E-state index contributed by atoms with van der Waals surface area (Å²) in [5, 5.41) is 4.83. The van der Waals surface area contributed by atoms with Gasteiger partial charge in [0.25, 0.3) is 14.1 Å². The monoisotopic (exact) mass is 320 g/mol. The summed E-state index contributed by atoms with van der Waals surface area (Å²) in [6, 6.07) is 0. The fourth-order valence-electron chi connectivity index (χ4n) is 5.89. The Morgan fingerprint density at radius 2 is 1.59 bits per heavy atom. The molecule has 22 heavy (non-hydrogen) atoms. The van der Waals surface area contributed by atoms with Crippen molar-refractivity contribution in [1.82, 2.24) is 0 Å². The highest BCUT2D eigenvalue weighted by Crippen LogP contribution is 2.49. The van der Waals surface area contributed by atoms with Crippen LogP contribution in [0.5, 0.6) is 0 Å². The van der Waals surface area contributed by atoms with E-state index in [0.29, 0.717) is 0 Å². The van der Waals surface area contributed by atoms with Crippen molar-refractivity contribution >= 4 is 14.1 Å². The molecule has 0 aliphatic heterocycles. The van der Waals surface area contributed by atoms with Gasteiger partial charge in [-0.25, -0.2) is 0 Å². The number of rotatable bonds is 8. The average molecular weight is 321 g/mol. The Bertz CT molecular complexity index is 299. The zero-order valence-corrected chi connectivity index (χ0v) is 17.3. The van der Waals surface area contributed by atoms with Gasteiger partial charge in [-0.3, -0.25) is 0 Å². The van der Waals surface area contributed by atoms with Crippen LogP contribution in [0.3, 0.4) is 0 Å². The smallest absolute Gasteiger partial charge is 0.0936 e. The fraction of sp³-hybridized carbons (Fsp3) is 1.00. The standard InChI is InChI=1S/C13H23.2C4H9.Al/c1-3-10-5-8-13-11(4-2)6-7-12(13)9-10;2*1-4(2)3;/h10-13H,1,3-9H2,2H3;2*4H,1H2,2-3H3;. The van der Waals surface area contributed by atoms with Crippen molar-refractivity contribution in [2.45, 2.75) is 95.4 Å². The Morgan fingerprint density at radius 1 is 0.909 bits per heavy atom. The van der Waals surface area contributed by atoms with Gasteiger partial charge in [-0.1, -0.05) is 81.6 Å². The summed E-state index contributed by atoms with van der Waals surface area (Å²) in [6.07, 6.45) is 10.9. The quantitative estimate of drug-likeness (QED) is 0.421. The zero-order valence-electron chi connectivity index (χ0n) is 16.1. The normalized spacial score (nSPS) is 31.8. The highest BCUT2D eigenvalue weighted by atomic mass is 27.2. The summed E-state index contributed by atoms with van der Waals surface area (Å²) in [5.41, 5.74) is 0. The lowest BCUT2D eigenvalue weighted by Gasteiger charge is -2.35. The molecule has 0 spiro atoms. The van der Waals surface area contributed by atoms with E-state index in [1.54, 1.807) is 54.4 Å². The van der Waals surface area contributed by atoms with E-state index in [4.69, 9.17) is 0 Å². The highest BCUT2D eigenvalue weighted by molar-refractivity contribution is 6.58. The van der Waals surface area contributed by atoms with Gasteiger partial charge in [-0.05, 0) is 49.4 Å². The third kappa shape index (κ3) is 5.56. The zero-order chi connectivity index (χ0) is 16.1. The van der Waals surface area contributed by atoms with Crippen molar-refractivity contribution in [2.24, 2.45) is 35.5 Å². The first-order chi connectivity index (χ1) is 10.5. The van der Waals surface area contributed by atoms with Crippen LogP contribution in [-0.2, 0) is 0 Å². The van der Waals surface area contributed by atoms with Crippen LogP contribution in [0.4, 0.5) is 0 Å². The first-order valence-electron chi connectivity index (χ1n) is 10.5. The predicted molar refractivity (Wildman–Crippen MR) is 102 cm³/mol. The molecule has 2 saturated carbocycles. The van der Waals surface area contributed by atoms with E-state index in [9.17, 15) is 0 Å². The van der Waals surface area contributed by atoms with E-state index in [1.165, 1.54) is 6.42 Å². The summed E-state index contributed by atoms with van der Waals surface area (Å²) in [6.45, 7) is 12.2. The number of hydrogen-bond donors (Lipinski definition) is 0. The molecule has 0 amide bonds. The van der Waals surface area contributed by atoms with Crippen molar-refractivity contribution in [2.75, 3.05) is 0 Å². The lowest BCUT2D eigenvalue weighted by Crippen LogP contribution is -2.26. The maximum absolute atomic E-state index is 2.44. The molecule has 1 heteroatoms. The minimum atomic E-state index is -0.468. The van der Waals surface area contributed by atoms with Crippen molar-refractivity contribution in [1.29, 1.82) is 0 Å². The second kappa shape index (κ2) is 9.13. The van der Waals surface area contributed by atoms with Crippen LogP contribution >= 0.6 is 0 Å². The van der Waals surface area contributed by atoms with Crippen molar-refractivity contribution in [3.63, 3.8) is 0 Å². The van der Waals surface area contributed by atoms with E-state index < -0.39 is 14.1 Å². The molecule has 2 fully saturated rings. The van der Waals surface area contributed by atoms with E-state index >= 15 is 0 Å². The molecule has 0 aromatic carbocycles. The average Bonchev–Trinajstić information content (AvgIpc) is 2.85. The maximum atomic E-state index is 2.44. The molecule has 0 aromatic heterocycles. The fourth-order valence-corrected chi connectivity index (χ4v) is 10.2. The molecule has 0 N–H and O–H groups in total. The van der Waals surface area contributed by atoms with Crippen molar-refractivity contribution < 1.29 is 0 Å². The Hall–Kier alpha value is 0.532. The molecule has 0 heterocycles. The second-order valence-electron chi connectivity index (χ2n) is 9.55. The molecule has 0 saturated heterocycles. The molecular weight excluding hydrogens is 279 g/mol. The second-order valence-corrected chi connectivity index (χ2v) is 12.8. The third-order valence-corrected chi connectivity index (χ3v) is 11.1. The van der Waals surface area contributed by atoms with Gasteiger partial charge >= 0.3 is 0 Å².